The van der Waals surface area contributed by atoms with Crippen molar-refractivity contribution in [3.8, 4) is 0 Å². The number of carbonyl (C=O) groups is 2. The maximum atomic E-state index is 14.1. The van der Waals surface area contributed by atoms with E-state index in [4.69, 9.17) is 0 Å². The molecule has 8 heteroatoms. The minimum atomic E-state index is -4.06. The Morgan fingerprint density at radius 3 is 2.10 bits per heavy atom. The third kappa shape index (κ3) is 7.76. The van der Waals surface area contributed by atoms with Crippen molar-refractivity contribution in [2.45, 2.75) is 82.8 Å². The molecular weight excluding hydrogens is 534 g/mol. The van der Waals surface area contributed by atoms with Gasteiger partial charge in [-0.15, -0.1) is 0 Å². The number of benzene rings is 3. The van der Waals surface area contributed by atoms with Gasteiger partial charge >= 0.3 is 0 Å². The number of sulfonamides is 1. The fourth-order valence-corrected chi connectivity index (χ4v) is 6.62. The molecule has 7 nitrogen and oxygen atoms in total. The molecule has 0 aromatic heterocycles. The van der Waals surface area contributed by atoms with Gasteiger partial charge in [-0.1, -0.05) is 86.3 Å². The zero-order valence-corrected chi connectivity index (χ0v) is 25.1. The molecule has 4 rings (SSSR count). The van der Waals surface area contributed by atoms with Crippen LogP contribution in [0.1, 0.15) is 62.6 Å². The Balaban J connectivity index is 1.66. The third-order valence-corrected chi connectivity index (χ3v) is 9.62. The second-order valence-electron chi connectivity index (χ2n) is 10.9. The zero-order chi connectivity index (χ0) is 29.4. The van der Waals surface area contributed by atoms with Crippen molar-refractivity contribution >= 4 is 27.5 Å². The highest BCUT2D eigenvalue weighted by atomic mass is 32.2. The van der Waals surface area contributed by atoms with Crippen LogP contribution in [0.4, 0.5) is 5.69 Å². The van der Waals surface area contributed by atoms with E-state index in [2.05, 4.69) is 5.32 Å². The van der Waals surface area contributed by atoms with Crippen molar-refractivity contribution in [1.29, 1.82) is 0 Å². The van der Waals surface area contributed by atoms with Crippen LogP contribution in [0.15, 0.2) is 83.8 Å². The molecule has 1 aliphatic rings. The van der Waals surface area contributed by atoms with E-state index in [1.165, 1.54) is 23.5 Å². The number of nitrogens with one attached hydrogen (secondary N) is 1. The monoisotopic (exact) mass is 575 g/mol. The first-order chi connectivity index (χ1) is 19.7. The van der Waals surface area contributed by atoms with Crippen LogP contribution >= 0.6 is 0 Å². The predicted molar refractivity (Wildman–Crippen MR) is 163 cm³/mol. The van der Waals surface area contributed by atoms with Crippen LogP contribution in [0.2, 0.25) is 0 Å². The van der Waals surface area contributed by atoms with Crippen molar-refractivity contribution < 1.29 is 18.0 Å². The molecule has 0 heterocycles. The fraction of sp³-hybridized carbons (Fsp3) is 0.394. The minimum Gasteiger partial charge on any atom is -0.352 e. The lowest BCUT2D eigenvalue weighted by molar-refractivity contribution is -0.139. The number of amides is 2. The van der Waals surface area contributed by atoms with Gasteiger partial charge in [-0.25, -0.2) is 8.42 Å². The number of aryl methyl sites for hydroxylation is 2. The Morgan fingerprint density at radius 2 is 1.49 bits per heavy atom. The lowest BCUT2D eigenvalue weighted by Crippen LogP contribution is -2.53. The summed E-state index contributed by atoms with van der Waals surface area (Å²) in [5.41, 5.74) is 3.41. The smallest absolute Gasteiger partial charge is 0.264 e. The summed E-state index contributed by atoms with van der Waals surface area (Å²) in [6, 6.07) is 22.4. The molecule has 41 heavy (non-hydrogen) atoms. The molecule has 0 bridgehead atoms. The summed E-state index contributed by atoms with van der Waals surface area (Å²) in [5, 5.41) is 3.14. The number of hydrogen-bond donors (Lipinski definition) is 1. The Kier molecular flexibility index (Phi) is 10.2. The lowest BCUT2D eigenvalue weighted by atomic mass is 9.95. The van der Waals surface area contributed by atoms with Gasteiger partial charge in [0.05, 0.1) is 10.6 Å². The van der Waals surface area contributed by atoms with Crippen LogP contribution in [0.3, 0.4) is 0 Å². The van der Waals surface area contributed by atoms with E-state index < -0.39 is 28.5 Å². The summed E-state index contributed by atoms with van der Waals surface area (Å²) in [6.07, 6.45) is 6.00. The Bertz CT molecular complexity index is 1400. The quantitative estimate of drug-likeness (QED) is 0.322. The topological polar surface area (TPSA) is 86.8 Å². The van der Waals surface area contributed by atoms with E-state index in [1.54, 1.807) is 37.3 Å². The van der Waals surface area contributed by atoms with Crippen molar-refractivity contribution in [2.75, 3.05) is 10.8 Å². The van der Waals surface area contributed by atoms with Crippen LogP contribution in [0, 0.1) is 6.92 Å². The molecule has 0 saturated heterocycles. The van der Waals surface area contributed by atoms with Gasteiger partial charge in [0.1, 0.15) is 12.6 Å². The first-order valence-electron chi connectivity index (χ1n) is 14.5. The maximum absolute atomic E-state index is 14.1. The van der Waals surface area contributed by atoms with Crippen molar-refractivity contribution in [2.24, 2.45) is 0 Å². The van der Waals surface area contributed by atoms with Gasteiger partial charge in [-0.3, -0.25) is 13.9 Å². The molecule has 0 aliphatic heterocycles. The van der Waals surface area contributed by atoms with Gasteiger partial charge in [-0.05, 0) is 68.5 Å². The van der Waals surface area contributed by atoms with Crippen LogP contribution in [-0.2, 0) is 32.6 Å². The summed E-state index contributed by atoms with van der Waals surface area (Å²) in [4.78, 5) is 29.1. The summed E-state index contributed by atoms with van der Waals surface area (Å²) < 4.78 is 28.9. The minimum absolute atomic E-state index is 0.0977. The van der Waals surface area contributed by atoms with E-state index in [0.29, 0.717) is 5.69 Å². The van der Waals surface area contributed by atoms with Gasteiger partial charge in [0, 0.05) is 12.6 Å². The fourth-order valence-electron chi connectivity index (χ4n) is 5.19. The second-order valence-corrected chi connectivity index (χ2v) is 12.7. The molecular formula is C33H41N3O4S. The predicted octanol–water partition coefficient (Wildman–Crippen LogP) is 5.62. The summed E-state index contributed by atoms with van der Waals surface area (Å²) in [5.74, 6) is -0.668. The lowest BCUT2D eigenvalue weighted by Gasteiger charge is -2.33. The average Bonchev–Trinajstić information content (AvgIpc) is 3.00. The molecule has 1 aliphatic carbocycles. The number of rotatable bonds is 11. The zero-order valence-electron chi connectivity index (χ0n) is 24.3. The van der Waals surface area contributed by atoms with Gasteiger partial charge < -0.3 is 10.2 Å². The first kappa shape index (κ1) is 30.3. The van der Waals surface area contributed by atoms with Crippen molar-refractivity contribution in [3.05, 3.63) is 95.6 Å². The summed E-state index contributed by atoms with van der Waals surface area (Å²) in [7, 11) is -4.06. The van der Waals surface area contributed by atoms with Crippen molar-refractivity contribution in [1.82, 2.24) is 10.2 Å². The molecule has 1 atom stereocenters. The average molecular weight is 576 g/mol. The highest BCUT2D eigenvalue weighted by molar-refractivity contribution is 7.92. The van der Waals surface area contributed by atoms with Crippen molar-refractivity contribution in [3.63, 3.8) is 0 Å². The van der Waals surface area contributed by atoms with Gasteiger partial charge in [-0.2, -0.15) is 0 Å². The molecule has 218 valence electrons. The highest BCUT2D eigenvalue weighted by Gasteiger charge is 2.33. The van der Waals surface area contributed by atoms with E-state index in [1.807, 2.05) is 50.2 Å². The van der Waals surface area contributed by atoms with Crippen LogP contribution in [0.5, 0.6) is 0 Å². The number of nitrogens with zero attached hydrogens (tertiary/aromatic N) is 2. The normalized spacial score (nSPS) is 14.7. The molecule has 1 fully saturated rings. The largest absolute Gasteiger partial charge is 0.352 e. The van der Waals surface area contributed by atoms with Crippen LogP contribution in [-0.4, -0.2) is 43.8 Å². The summed E-state index contributed by atoms with van der Waals surface area (Å²) in [6.45, 7) is 5.49. The molecule has 1 saturated carbocycles. The van der Waals surface area contributed by atoms with Gasteiger partial charge in [0.2, 0.25) is 11.8 Å². The Labute approximate surface area is 244 Å². The number of hydrogen-bond acceptors (Lipinski definition) is 4. The standard InChI is InChI=1S/C33H41N3O4S/c1-4-27-19-21-30(22-20-27)36(41(39,40)31-13-9-6-10-14-31)24-32(37)35(23-28-17-15-25(2)16-18-28)26(3)33(38)34-29-11-7-5-8-12-29/h6,9-10,13-22,26,29H,4-5,7-8,11-12,23-24H2,1-3H3,(H,34,38)/t26-/m0/s1. The highest BCUT2D eigenvalue weighted by Crippen LogP contribution is 2.25. The Hall–Kier alpha value is -3.65. The first-order valence-corrected chi connectivity index (χ1v) is 15.9. The van der Waals surface area contributed by atoms with E-state index >= 15 is 0 Å². The maximum Gasteiger partial charge on any atom is 0.264 e. The molecule has 1 N–H and O–H groups in total. The van der Waals surface area contributed by atoms with Gasteiger partial charge in [0.15, 0.2) is 0 Å². The molecule has 0 unspecified atom stereocenters. The molecule has 0 spiro atoms. The van der Waals surface area contributed by atoms with E-state index in [-0.39, 0.29) is 23.4 Å². The molecule has 3 aromatic carbocycles. The van der Waals surface area contributed by atoms with Crippen LogP contribution in [0.25, 0.3) is 0 Å². The molecule has 3 aromatic rings. The van der Waals surface area contributed by atoms with Gasteiger partial charge in [0.25, 0.3) is 10.0 Å². The van der Waals surface area contributed by atoms with Crippen LogP contribution < -0.4 is 9.62 Å². The van der Waals surface area contributed by atoms with E-state index in [9.17, 15) is 18.0 Å². The summed E-state index contributed by atoms with van der Waals surface area (Å²) >= 11 is 0. The third-order valence-electron chi connectivity index (χ3n) is 7.84. The molecule has 0 radical (unpaired) electrons. The molecule has 2 amide bonds. The Morgan fingerprint density at radius 1 is 0.878 bits per heavy atom. The van der Waals surface area contributed by atoms with E-state index in [0.717, 1.165) is 53.1 Å². The number of carbonyl (C=O) groups excluding carboxylic acids is 2. The second kappa shape index (κ2) is 13.8. The SMILES string of the molecule is CCc1ccc(N(CC(=O)N(Cc2ccc(C)cc2)[C@@H](C)C(=O)NC2CCCCC2)S(=O)(=O)c2ccccc2)cc1. The number of anilines is 1.